The minimum absolute atomic E-state index is 0.0469. The van der Waals surface area contributed by atoms with Gasteiger partial charge in [0, 0.05) is 12.1 Å². The largest absolute Gasteiger partial charge is 0.490 e. The zero-order valence-electron chi connectivity index (χ0n) is 13.0. The van der Waals surface area contributed by atoms with Crippen molar-refractivity contribution in [1.82, 2.24) is 4.90 Å². The van der Waals surface area contributed by atoms with Crippen LogP contribution in [0.2, 0.25) is 0 Å². The van der Waals surface area contributed by atoms with Crippen LogP contribution in [0.4, 0.5) is 0 Å². The summed E-state index contributed by atoms with van der Waals surface area (Å²) in [5.41, 5.74) is 6.18. The monoisotopic (exact) mass is 295 g/mol. The summed E-state index contributed by atoms with van der Waals surface area (Å²) in [7, 11) is 0. The van der Waals surface area contributed by atoms with Gasteiger partial charge in [-0.3, -0.25) is 0 Å². The summed E-state index contributed by atoms with van der Waals surface area (Å²) in [5, 5.41) is 11.7. The molecule has 0 spiro atoms. The lowest BCUT2D eigenvalue weighted by atomic mass is 10.2. The SMILES string of the molecule is CCOc1cc(/C(N)=N/O)ccc1OCCN(CC)CC. The summed E-state index contributed by atoms with van der Waals surface area (Å²) in [6, 6.07) is 5.23. The van der Waals surface area contributed by atoms with E-state index in [-0.39, 0.29) is 5.84 Å². The highest BCUT2D eigenvalue weighted by Gasteiger charge is 2.09. The predicted octanol–water partition coefficient (Wildman–Crippen LogP) is 1.90. The van der Waals surface area contributed by atoms with Crippen LogP contribution in [0.3, 0.4) is 0 Å². The molecule has 0 radical (unpaired) electrons. The van der Waals surface area contributed by atoms with Crippen LogP contribution in [-0.2, 0) is 0 Å². The third kappa shape index (κ3) is 5.15. The van der Waals surface area contributed by atoms with Gasteiger partial charge in [0.2, 0.25) is 0 Å². The summed E-state index contributed by atoms with van der Waals surface area (Å²) in [6.45, 7) is 10.1. The first kappa shape index (κ1) is 17.1. The molecule has 0 saturated heterocycles. The van der Waals surface area contributed by atoms with Crippen molar-refractivity contribution < 1.29 is 14.7 Å². The van der Waals surface area contributed by atoms with Crippen LogP contribution in [0.15, 0.2) is 23.4 Å². The Morgan fingerprint density at radius 3 is 2.48 bits per heavy atom. The fourth-order valence-corrected chi connectivity index (χ4v) is 1.94. The van der Waals surface area contributed by atoms with Crippen molar-refractivity contribution in [3.8, 4) is 11.5 Å². The van der Waals surface area contributed by atoms with E-state index in [0.29, 0.717) is 30.3 Å². The van der Waals surface area contributed by atoms with Crippen LogP contribution < -0.4 is 15.2 Å². The quantitative estimate of drug-likeness (QED) is 0.315. The lowest BCUT2D eigenvalue weighted by Crippen LogP contribution is -2.28. The van der Waals surface area contributed by atoms with Gasteiger partial charge >= 0.3 is 0 Å². The van der Waals surface area contributed by atoms with Crippen LogP contribution in [0.25, 0.3) is 0 Å². The number of hydrogen-bond acceptors (Lipinski definition) is 5. The second kappa shape index (κ2) is 9.07. The number of nitrogens with two attached hydrogens (primary N) is 1. The average Bonchev–Trinajstić information content (AvgIpc) is 2.52. The number of amidine groups is 1. The zero-order chi connectivity index (χ0) is 15.7. The van der Waals surface area contributed by atoms with Crippen molar-refractivity contribution in [2.75, 3.05) is 32.8 Å². The number of ether oxygens (including phenoxy) is 2. The molecule has 0 aliphatic carbocycles. The molecule has 21 heavy (non-hydrogen) atoms. The van der Waals surface area contributed by atoms with Gasteiger partial charge in [0.25, 0.3) is 0 Å². The Hall–Kier alpha value is -1.95. The summed E-state index contributed by atoms with van der Waals surface area (Å²) >= 11 is 0. The minimum atomic E-state index is 0.0469. The molecule has 0 amide bonds. The average molecular weight is 295 g/mol. The van der Waals surface area contributed by atoms with Gasteiger partial charge in [-0.1, -0.05) is 19.0 Å². The molecule has 6 heteroatoms. The molecule has 0 atom stereocenters. The van der Waals surface area contributed by atoms with Crippen molar-refractivity contribution in [2.24, 2.45) is 10.9 Å². The van der Waals surface area contributed by atoms with E-state index in [0.717, 1.165) is 19.6 Å². The van der Waals surface area contributed by atoms with Gasteiger partial charge in [-0.25, -0.2) is 0 Å². The highest BCUT2D eigenvalue weighted by molar-refractivity contribution is 5.97. The molecule has 1 aromatic rings. The molecule has 6 nitrogen and oxygen atoms in total. The predicted molar refractivity (Wildman–Crippen MR) is 83.4 cm³/mol. The van der Waals surface area contributed by atoms with Gasteiger partial charge in [-0.15, -0.1) is 0 Å². The van der Waals surface area contributed by atoms with E-state index in [1.165, 1.54) is 0 Å². The molecule has 1 rings (SSSR count). The molecule has 0 aliphatic rings. The molecule has 0 heterocycles. The highest BCUT2D eigenvalue weighted by atomic mass is 16.5. The molecule has 0 fully saturated rings. The number of likely N-dealkylation sites (N-methyl/N-ethyl adjacent to an activating group) is 1. The molecule has 1 aromatic carbocycles. The zero-order valence-corrected chi connectivity index (χ0v) is 13.0. The maximum absolute atomic E-state index is 8.72. The number of oxime groups is 1. The van der Waals surface area contributed by atoms with E-state index in [2.05, 4.69) is 23.9 Å². The Labute approximate surface area is 126 Å². The lowest BCUT2D eigenvalue weighted by molar-refractivity contribution is 0.214. The third-order valence-corrected chi connectivity index (χ3v) is 3.21. The van der Waals surface area contributed by atoms with Crippen LogP contribution in [0, 0.1) is 0 Å². The second-order valence-electron chi connectivity index (χ2n) is 4.46. The molecule has 118 valence electrons. The summed E-state index contributed by atoms with van der Waals surface area (Å²) in [4.78, 5) is 2.28. The van der Waals surface area contributed by atoms with Crippen LogP contribution >= 0.6 is 0 Å². The molecular weight excluding hydrogens is 270 g/mol. The number of rotatable bonds is 9. The minimum Gasteiger partial charge on any atom is -0.490 e. The molecule has 0 aliphatic heterocycles. The van der Waals surface area contributed by atoms with Crippen molar-refractivity contribution in [3.63, 3.8) is 0 Å². The topological polar surface area (TPSA) is 80.3 Å². The molecular formula is C15H25N3O3. The van der Waals surface area contributed by atoms with E-state index < -0.39 is 0 Å². The van der Waals surface area contributed by atoms with Crippen LogP contribution in [0.1, 0.15) is 26.3 Å². The van der Waals surface area contributed by atoms with Gasteiger partial charge in [-0.2, -0.15) is 0 Å². The van der Waals surface area contributed by atoms with E-state index in [1.54, 1.807) is 18.2 Å². The Bertz CT molecular complexity index is 459. The Morgan fingerprint density at radius 2 is 1.90 bits per heavy atom. The van der Waals surface area contributed by atoms with Gasteiger partial charge in [-0.05, 0) is 38.2 Å². The summed E-state index contributed by atoms with van der Waals surface area (Å²) < 4.78 is 11.3. The Balaban J connectivity index is 2.76. The summed E-state index contributed by atoms with van der Waals surface area (Å²) in [5.74, 6) is 1.31. The van der Waals surface area contributed by atoms with Gasteiger partial charge in [0.05, 0.1) is 6.61 Å². The van der Waals surface area contributed by atoms with Crippen molar-refractivity contribution >= 4 is 5.84 Å². The molecule has 0 aromatic heterocycles. The van der Waals surface area contributed by atoms with Crippen molar-refractivity contribution in [1.29, 1.82) is 0 Å². The highest BCUT2D eigenvalue weighted by Crippen LogP contribution is 2.28. The van der Waals surface area contributed by atoms with E-state index in [9.17, 15) is 0 Å². The van der Waals surface area contributed by atoms with Crippen LogP contribution in [0.5, 0.6) is 11.5 Å². The Kier molecular flexibility index (Phi) is 7.39. The first-order valence-electron chi connectivity index (χ1n) is 7.26. The number of hydrogen-bond donors (Lipinski definition) is 2. The van der Waals surface area contributed by atoms with Gasteiger partial charge in [0.15, 0.2) is 17.3 Å². The van der Waals surface area contributed by atoms with E-state index in [4.69, 9.17) is 20.4 Å². The second-order valence-corrected chi connectivity index (χ2v) is 4.46. The molecule has 0 bridgehead atoms. The van der Waals surface area contributed by atoms with Gasteiger partial charge < -0.3 is 25.3 Å². The number of benzene rings is 1. The summed E-state index contributed by atoms with van der Waals surface area (Å²) in [6.07, 6.45) is 0. The van der Waals surface area contributed by atoms with Crippen LogP contribution in [-0.4, -0.2) is 48.8 Å². The fraction of sp³-hybridized carbons (Fsp3) is 0.533. The third-order valence-electron chi connectivity index (χ3n) is 3.21. The lowest BCUT2D eigenvalue weighted by Gasteiger charge is -2.19. The normalized spacial score (nSPS) is 11.7. The van der Waals surface area contributed by atoms with Gasteiger partial charge in [0.1, 0.15) is 6.61 Å². The fourth-order valence-electron chi connectivity index (χ4n) is 1.94. The maximum atomic E-state index is 8.72. The van der Waals surface area contributed by atoms with Crippen molar-refractivity contribution in [2.45, 2.75) is 20.8 Å². The molecule has 0 unspecified atom stereocenters. The van der Waals surface area contributed by atoms with Crippen molar-refractivity contribution in [3.05, 3.63) is 23.8 Å². The van der Waals surface area contributed by atoms with E-state index in [1.807, 2.05) is 6.92 Å². The van der Waals surface area contributed by atoms with E-state index >= 15 is 0 Å². The molecule has 3 N–H and O–H groups in total. The first-order valence-corrected chi connectivity index (χ1v) is 7.26. The first-order chi connectivity index (χ1) is 10.2. The smallest absolute Gasteiger partial charge is 0.170 e. The standard InChI is InChI=1S/C15H25N3O3/c1-4-18(5-2)9-10-21-13-8-7-12(15(16)17-19)11-14(13)20-6-3/h7-8,11,19H,4-6,9-10H2,1-3H3,(H2,16,17). The molecule has 0 saturated carbocycles. The number of nitrogens with zero attached hydrogens (tertiary/aromatic N) is 2. The maximum Gasteiger partial charge on any atom is 0.170 e. The Morgan fingerprint density at radius 1 is 1.19 bits per heavy atom.